The molecule has 2 heteroatoms. The Hall–Kier alpha value is -1.15. The molecular weight excluding hydrogens is 264 g/mol. The minimum Gasteiger partial charge on any atom is -0.293 e. The third-order valence-corrected chi connectivity index (χ3v) is 2.22. The van der Waals surface area contributed by atoms with Gasteiger partial charge in [-0.15, -0.1) is 13.2 Å². The maximum Gasteiger partial charge on any atom is 0.173 e. The summed E-state index contributed by atoms with van der Waals surface area (Å²) >= 11 is 3.15. The van der Waals surface area contributed by atoms with Crippen molar-refractivity contribution >= 4 is 21.7 Å². The van der Waals surface area contributed by atoms with Gasteiger partial charge in [0.2, 0.25) is 0 Å². The average Bonchev–Trinajstić information content (AvgIpc) is 2.30. The van der Waals surface area contributed by atoms with Gasteiger partial charge in [-0.25, -0.2) is 0 Å². The van der Waals surface area contributed by atoms with Crippen molar-refractivity contribution in [2.24, 2.45) is 0 Å². The zero-order chi connectivity index (χ0) is 13.1. The van der Waals surface area contributed by atoms with Crippen molar-refractivity contribution in [3.8, 4) is 0 Å². The molecule has 0 amide bonds. The number of alkyl halides is 1. The summed E-state index contributed by atoms with van der Waals surface area (Å²) in [5.41, 5.74) is 2.32. The van der Waals surface area contributed by atoms with Gasteiger partial charge in [0.15, 0.2) is 5.78 Å². The minimum atomic E-state index is 0.0426. The van der Waals surface area contributed by atoms with E-state index in [4.69, 9.17) is 0 Å². The third kappa shape index (κ3) is 5.66. The number of hydrogen-bond acceptors (Lipinski definition) is 1. The van der Waals surface area contributed by atoms with Gasteiger partial charge in [0.1, 0.15) is 0 Å². The van der Waals surface area contributed by atoms with Crippen LogP contribution in [0.25, 0.3) is 0 Å². The van der Waals surface area contributed by atoms with Crippen LogP contribution in [0.1, 0.15) is 13.8 Å². The first-order chi connectivity index (χ1) is 7.58. The number of halogens is 1. The molecule has 0 bridgehead atoms. The molecule has 88 valence electrons. The fraction of sp³-hybridized carbons (Fsp3) is 0.214. The number of ketones is 1. The zero-order valence-electron chi connectivity index (χ0n) is 10.1. The fourth-order valence-electron chi connectivity index (χ4n) is 1.09. The lowest BCUT2D eigenvalue weighted by Crippen LogP contribution is -2.05. The van der Waals surface area contributed by atoms with Crippen LogP contribution in [0, 0.1) is 0 Å². The normalized spacial score (nSPS) is 11.2. The zero-order valence-corrected chi connectivity index (χ0v) is 11.6. The second-order valence-electron chi connectivity index (χ2n) is 2.87. The quantitative estimate of drug-likeness (QED) is 0.316. The topological polar surface area (TPSA) is 17.1 Å². The van der Waals surface area contributed by atoms with Crippen molar-refractivity contribution < 1.29 is 4.79 Å². The first-order valence-electron chi connectivity index (χ1n) is 4.82. The van der Waals surface area contributed by atoms with Gasteiger partial charge in [-0.05, 0) is 19.4 Å². The summed E-state index contributed by atoms with van der Waals surface area (Å²) in [5.74, 6) is 0.0426. The van der Waals surface area contributed by atoms with Gasteiger partial charge in [-0.2, -0.15) is 0 Å². The fourth-order valence-corrected chi connectivity index (χ4v) is 1.39. The molecule has 16 heavy (non-hydrogen) atoms. The molecule has 0 spiro atoms. The lowest BCUT2D eigenvalue weighted by molar-refractivity contribution is -0.112. The Morgan fingerprint density at radius 1 is 1.31 bits per heavy atom. The second kappa shape index (κ2) is 10.4. The molecule has 0 heterocycles. The second-order valence-corrected chi connectivity index (χ2v) is 3.43. The van der Waals surface area contributed by atoms with E-state index in [0.717, 1.165) is 11.1 Å². The summed E-state index contributed by atoms with van der Waals surface area (Å²) < 4.78 is 0. The Bertz CT molecular complexity index is 322. The molecule has 0 aliphatic rings. The van der Waals surface area contributed by atoms with E-state index in [0.29, 0.717) is 10.9 Å². The summed E-state index contributed by atoms with van der Waals surface area (Å²) in [6.45, 7) is 17.2. The van der Waals surface area contributed by atoms with Gasteiger partial charge in [-0.3, -0.25) is 4.79 Å². The Labute approximate surface area is 107 Å². The molecule has 0 saturated carbocycles. The maximum atomic E-state index is 11.6. The number of carbonyl (C=O) groups is 1. The maximum absolute atomic E-state index is 11.6. The van der Waals surface area contributed by atoms with E-state index in [1.54, 1.807) is 12.2 Å². The lowest BCUT2D eigenvalue weighted by atomic mass is 9.99. The largest absolute Gasteiger partial charge is 0.293 e. The summed E-state index contributed by atoms with van der Waals surface area (Å²) in [6, 6.07) is 0. The van der Waals surface area contributed by atoms with E-state index in [2.05, 4.69) is 42.2 Å². The van der Waals surface area contributed by atoms with Crippen LogP contribution in [0.5, 0.6) is 0 Å². The highest BCUT2D eigenvalue weighted by Gasteiger charge is 2.09. The molecule has 0 aliphatic heterocycles. The molecule has 0 rings (SSSR count). The Balaban J connectivity index is 0. The number of hydrogen-bond donors (Lipinski definition) is 0. The van der Waals surface area contributed by atoms with Crippen LogP contribution in [-0.4, -0.2) is 11.1 Å². The molecule has 0 atom stereocenters. The van der Waals surface area contributed by atoms with Gasteiger partial charge in [0.25, 0.3) is 0 Å². The van der Waals surface area contributed by atoms with Crippen LogP contribution in [-0.2, 0) is 4.79 Å². The van der Waals surface area contributed by atoms with Crippen molar-refractivity contribution in [1.29, 1.82) is 0 Å². The van der Waals surface area contributed by atoms with Crippen LogP contribution in [0.15, 0.2) is 61.3 Å². The molecule has 1 nitrogen and oxygen atoms in total. The monoisotopic (exact) mass is 282 g/mol. The van der Waals surface area contributed by atoms with Gasteiger partial charge < -0.3 is 0 Å². The number of Topliss-reactive ketones (excluding diaryl/α,β-unsaturated/α-hetero) is 1. The first-order valence-corrected chi connectivity index (χ1v) is 5.95. The Kier molecular flexibility index (Phi) is 11.2. The van der Waals surface area contributed by atoms with Gasteiger partial charge >= 0.3 is 0 Å². The lowest BCUT2D eigenvalue weighted by Gasteiger charge is -2.06. The number of carbonyl (C=O) groups excluding carboxylic acids is 1. The molecule has 0 aliphatic carbocycles. The van der Waals surface area contributed by atoms with Crippen molar-refractivity contribution in [1.82, 2.24) is 0 Å². The molecule has 0 aromatic rings. The molecule has 0 fully saturated rings. The van der Waals surface area contributed by atoms with Gasteiger partial charge in [-0.1, -0.05) is 52.9 Å². The highest BCUT2D eigenvalue weighted by molar-refractivity contribution is 9.09. The van der Waals surface area contributed by atoms with Gasteiger partial charge in [0.05, 0.1) is 5.33 Å². The van der Waals surface area contributed by atoms with Crippen molar-refractivity contribution in [2.75, 3.05) is 5.33 Å². The third-order valence-electron chi connectivity index (χ3n) is 1.71. The number of rotatable bonds is 5. The van der Waals surface area contributed by atoms with Crippen LogP contribution in [0.4, 0.5) is 0 Å². The van der Waals surface area contributed by atoms with Crippen LogP contribution in [0.3, 0.4) is 0 Å². The van der Waals surface area contributed by atoms with E-state index in [1.807, 2.05) is 19.9 Å². The first kappa shape index (κ1) is 17.3. The molecule has 0 aromatic heterocycles. The standard InChI is InChI=1S/C12H15BrO.C2H4/c1-5-7-11(12(14)8-13)10(6-2)9(3)4;1-2/h5-7H,2-3,8H2,1,4H3;1-2H2/b7-5-,11-10+;. The van der Waals surface area contributed by atoms with Crippen LogP contribution >= 0.6 is 15.9 Å². The number of allylic oxidation sites excluding steroid dienone is 6. The highest BCUT2D eigenvalue weighted by Crippen LogP contribution is 2.17. The summed E-state index contributed by atoms with van der Waals surface area (Å²) in [6.07, 6.45) is 5.29. The van der Waals surface area contributed by atoms with E-state index < -0.39 is 0 Å². The van der Waals surface area contributed by atoms with Crippen molar-refractivity contribution in [3.05, 3.63) is 61.3 Å². The Morgan fingerprint density at radius 3 is 2.06 bits per heavy atom. The van der Waals surface area contributed by atoms with Gasteiger partial charge in [0, 0.05) is 5.57 Å². The van der Waals surface area contributed by atoms with E-state index in [9.17, 15) is 4.79 Å². The smallest absolute Gasteiger partial charge is 0.173 e. The van der Waals surface area contributed by atoms with Crippen LogP contribution < -0.4 is 0 Å². The SMILES string of the molecule is C=C.C=C/C(C(=C)C)=C(/C=C\C)C(=O)CBr. The summed E-state index contributed by atoms with van der Waals surface area (Å²) in [7, 11) is 0. The Morgan fingerprint density at radius 2 is 1.81 bits per heavy atom. The van der Waals surface area contributed by atoms with Crippen molar-refractivity contribution in [2.45, 2.75) is 13.8 Å². The van der Waals surface area contributed by atoms with E-state index in [1.165, 1.54) is 0 Å². The van der Waals surface area contributed by atoms with E-state index >= 15 is 0 Å². The predicted molar refractivity (Wildman–Crippen MR) is 76.9 cm³/mol. The highest BCUT2D eigenvalue weighted by atomic mass is 79.9. The molecular formula is C14H19BrO. The average molecular weight is 283 g/mol. The molecule has 0 aromatic carbocycles. The molecule has 0 radical (unpaired) electrons. The predicted octanol–water partition coefficient (Wildman–Crippen LogP) is 4.39. The molecule has 0 saturated heterocycles. The van der Waals surface area contributed by atoms with Crippen LogP contribution in [0.2, 0.25) is 0 Å². The summed E-state index contributed by atoms with van der Waals surface area (Å²) in [4.78, 5) is 11.6. The molecule has 0 N–H and O–H groups in total. The molecule has 0 unspecified atom stereocenters. The van der Waals surface area contributed by atoms with E-state index in [-0.39, 0.29) is 5.78 Å². The summed E-state index contributed by atoms with van der Waals surface area (Å²) in [5, 5.41) is 0.317. The minimum absolute atomic E-state index is 0.0426. The van der Waals surface area contributed by atoms with Crippen molar-refractivity contribution in [3.63, 3.8) is 0 Å².